The third-order valence-corrected chi connectivity index (χ3v) is 3.32. The van der Waals surface area contributed by atoms with Crippen LogP contribution in [0.3, 0.4) is 0 Å². The predicted octanol–water partition coefficient (Wildman–Crippen LogP) is 0.564. The molecule has 0 aliphatic carbocycles. The first kappa shape index (κ1) is 17.7. The highest BCUT2D eigenvalue weighted by molar-refractivity contribution is 7.86. The van der Waals surface area contributed by atoms with Gasteiger partial charge in [-0.3, -0.25) is 0 Å². The minimum absolute atomic E-state index is 0.120. The van der Waals surface area contributed by atoms with Gasteiger partial charge in [0.05, 0.1) is 17.1 Å². The first-order chi connectivity index (χ1) is 8.82. The molecule has 0 spiro atoms. The number of anilines is 2. The van der Waals surface area contributed by atoms with E-state index in [-0.39, 0.29) is 5.69 Å². The van der Waals surface area contributed by atoms with Gasteiger partial charge in [-0.15, -0.1) is 0 Å². The number of rotatable bonds is 5. The van der Waals surface area contributed by atoms with Crippen LogP contribution >= 0.6 is 0 Å². The van der Waals surface area contributed by atoms with Gasteiger partial charge in [0.15, 0.2) is 0 Å². The van der Waals surface area contributed by atoms with Gasteiger partial charge in [-0.2, -0.15) is 0 Å². The van der Waals surface area contributed by atoms with E-state index in [1.165, 1.54) is 37.8 Å². The Kier molecular flexibility index (Phi) is 8.13. The second-order valence-electron chi connectivity index (χ2n) is 4.17. The van der Waals surface area contributed by atoms with Crippen molar-refractivity contribution in [3.8, 4) is 0 Å². The SMILES string of the molecule is CCCCCC[NH3+].Nc1ccc(S(=O)(=O)[O-])c(N)c1. The zero-order chi connectivity index (χ0) is 14.9. The van der Waals surface area contributed by atoms with E-state index in [9.17, 15) is 13.0 Å². The number of nitrogen functional groups attached to an aromatic ring is 2. The summed E-state index contributed by atoms with van der Waals surface area (Å²) in [6.07, 6.45) is 5.41. The number of hydrogen-bond donors (Lipinski definition) is 3. The van der Waals surface area contributed by atoms with Crippen LogP contribution in [-0.4, -0.2) is 19.5 Å². The van der Waals surface area contributed by atoms with E-state index in [4.69, 9.17) is 11.5 Å². The highest BCUT2D eigenvalue weighted by Gasteiger charge is 2.05. The summed E-state index contributed by atoms with van der Waals surface area (Å²) in [6, 6.07) is 3.62. The number of nitrogens with two attached hydrogens (primary N) is 2. The lowest BCUT2D eigenvalue weighted by Gasteiger charge is -2.09. The zero-order valence-electron chi connectivity index (χ0n) is 11.3. The largest absolute Gasteiger partial charge is 0.744 e. The molecule has 19 heavy (non-hydrogen) atoms. The molecule has 7 N–H and O–H groups in total. The van der Waals surface area contributed by atoms with Crippen LogP contribution in [0.15, 0.2) is 23.1 Å². The van der Waals surface area contributed by atoms with Gasteiger partial charge in [0, 0.05) is 5.69 Å². The van der Waals surface area contributed by atoms with E-state index in [2.05, 4.69) is 12.7 Å². The number of benzene rings is 1. The van der Waals surface area contributed by atoms with Crippen molar-refractivity contribution in [1.29, 1.82) is 0 Å². The summed E-state index contributed by atoms with van der Waals surface area (Å²) in [5.41, 5.74) is 14.5. The molecule has 1 aromatic rings. The average Bonchev–Trinajstić information content (AvgIpc) is 2.28. The summed E-state index contributed by atoms with van der Waals surface area (Å²) < 4.78 is 31.5. The Labute approximate surface area is 114 Å². The molecule has 0 aliphatic heterocycles. The quantitative estimate of drug-likeness (QED) is 0.413. The van der Waals surface area contributed by atoms with E-state index in [1.807, 2.05) is 0 Å². The topological polar surface area (TPSA) is 137 Å². The normalized spacial score (nSPS) is 10.7. The summed E-state index contributed by atoms with van der Waals surface area (Å²) in [6.45, 7) is 3.34. The van der Waals surface area contributed by atoms with Gasteiger partial charge in [0.25, 0.3) is 0 Å². The van der Waals surface area contributed by atoms with Gasteiger partial charge in [-0.1, -0.05) is 19.8 Å². The molecule has 0 radical (unpaired) electrons. The van der Waals surface area contributed by atoms with Crippen molar-refractivity contribution in [2.45, 2.75) is 37.5 Å². The number of hydrogen-bond acceptors (Lipinski definition) is 5. The summed E-state index contributed by atoms with van der Waals surface area (Å²) in [5.74, 6) is 0. The average molecular weight is 289 g/mol. The van der Waals surface area contributed by atoms with Crippen molar-refractivity contribution < 1.29 is 18.7 Å². The molecule has 6 nitrogen and oxygen atoms in total. The maximum atomic E-state index is 10.5. The van der Waals surface area contributed by atoms with Gasteiger partial charge in [0.1, 0.15) is 10.1 Å². The van der Waals surface area contributed by atoms with Crippen LogP contribution in [0.4, 0.5) is 11.4 Å². The van der Waals surface area contributed by atoms with Crippen LogP contribution in [0.2, 0.25) is 0 Å². The standard InChI is InChI=1S/C6H8N2O3S.C6H15N/c7-4-1-2-6(5(8)3-4)12(9,10)11;1-2-3-4-5-6-7/h1-3H,7-8H2,(H,9,10,11);2-7H2,1H3. The second kappa shape index (κ2) is 8.73. The smallest absolute Gasteiger partial charge is 0.126 e. The lowest BCUT2D eigenvalue weighted by molar-refractivity contribution is -0.368. The fourth-order valence-electron chi connectivity index (χ4n) is 1.40. The summed E-state index contributed by atoms with van der Waals surface area (Å²) in [5, 5.41) is 0. The molecule has 0 bridgehead atoms. The van der Waals surface area contributed by atoms with Gasteiger partial charge in [0.2, 0.25) is 0 Å². The molecule has 0 amide bonds. The van der Waals surface area contributed by atoms with E-state index in [0.29, 0.717) is 5.69 Å². The Hall–Kier alpha value is -1.31. The molecule has 0 saturated carbocycles. The highest BCUT2D eigenvalue weighted by Crippen LogP contribution is 2.19. The Morgan fingerprint density at radius 2 is 1.84 bits per heavy atom. The molecule has 110 valence electrons. The molecule has 0 saturated heterocycles. The van der Waals surface area contributed by atoms with Gasteiger partial charge in [-0.25, -0.2) is 8.42 Å². The van der Waals surface area contributed by atoms with E-state index in [1.54, 1.807) is 0 Å². The molecule has 0 aromatic heterocycles. The first-order valence-corrected chi connectivity index (χ1v) is 7.63. The lowest BCUT2D eigenvalue weighted by Crippen LogP contribution is -2.50. The fraction of sp³-hybridized carbons (Fsp3) is 0.500. The van der Waals surface area contributed by atoms with Crippen molar-refractivity contribution in [3.63, 3.8) is 0 Å². The lowest BCUT2D eigenvalue weighted by atomic mass is 10.2. The molecule has 0 heterocycles. The Bertz CT molecular complexity index is 471. The van der Waals surface area contributed by atoms with Gasteiger partial charge < -0.3 is 21.8 Å². The van der Waals surface area contributed by atoms with E-state index in [0.717, 1.165) is 12.6 Å². The molecule has 1 aromatic carbocycles. The van der Waals surface area contributed by atoms with E-state index < -0.39 is 15.0 Å². The molecule has 0 unspecified atom stereocenters. The second-order valence-corrected chi connectivity index (χ2v) is 5.51. The Balaban J connectivity index is 0.000000399. The van der Waals surface area contributed by atoms with Crippen LogP contribution in [-0.2, 0) is 10.1 Å². The van der Waals surface area contributed by atoms with Crippen molar-refractivity contribution in [3.05, 3.63) is 18.2 Å². The van der Waals surface area contributed by atoms with E-state index >= 15 is 0 Å². The minimum Gasteiger partial charge on any atom is -0.744 e. The van der Waals surface area contributed by atoms with Gasteiger partial charge in [-0.05, 0) is 31.0 Å². The summed E-state index contributed by atoms with van der Waals surface area (Å²) >= 11 is 0. The zero-order valence-corrected chi connectivity index (χ0v) is 12.1. The monoisotopic (exact) mass is 289 g/mol. The summed E-state index contributed by atoms with van der Waals surface area (Å²) in [7, 11) is -4.48. The minimum atomic E-state index is -4.48. The van der Waals surface area contributed by atoms with Gasteiger partial charge >= 0.3 is 0 Å². The van der Waals surface area contributed by atoms with Crippen LogP contribution in [0, 0.1) is 0 Å². The van der Waals surface area contributed by atoms with Crippen molar-refractivity contribution in [1.82, 2.24) is 0 Å². The molecule has 0 atom stereocenters. The number of quaternary nitrogens is 1. The fourth-order valence-corrected chi connectivity index (χ4v) is 1.98. The van der Waals surface area contributed by atoms with Crippen molar-refractivity contribution in [2.24, 2.45) is 0 Å². The molecular weight excluding hydrogens is 266 g/mol. The first-order valence-electron chi connectivity index (χ1n) is 6.23. The predicted molar refractivity (Wildman–Crippen MR) is 75.1 cm³/mol. The molecule has 1 rings (SSSR count). The molecule has 7 heteroatoms. The molecule has 0 fully saturated rings. The van der Waals surface area contributed by atoms with Crippen LogP contribution in [0.1, 0.15) is 32.6 Å². The Morgan fingerprint density at radius 1 is 1.21 bits per heavy atom. The van der Waals surface area contributed by atoms with Crippen LogP contribution in [0.5, 0.6) is 0 Å². The van der Waals surface area contributed by atoms with Crippen LogP contribution < -0.4 is 17.2 Å². The maximum absolute atomic E-state index is 10.5. The Morgan fingerprint density at radius 3 is 2.26 bits per heavy atom. The molecule has 0 aliphatic rings. The highest BCUT2D eigenvalue weighted by atomic mass is 32.2. The van der Waals surface area contributed by atoms with Crippen LogP contribution in [0.25, 0.3) is 0 Å². The maximum Gasteiger partial charge on any atom is 0.126 e. The summed E-state index contributed by atoms with van der Waals surface area (Å²) in [4.78, 5) is -0.434. The van der Waals surface area contributed by atoms with Crippen molar-refractivity contribution in [2.75, 3.05) is 18.0 Å². The molecular formula is C12H23N3O3S. The third-order valence-electron chi connectivity index (χ3n) is 2.41. The third kappa shape index (κ3) is 7.66. The number of unbranched alkanes of at least 4 members (excludes halogenated alkanes) is 3. The van der Waals surface area contributed by atoms with Crippen molar-refractivity contribution >= 4 is 21.5 Å².